The van der Waals surface area contributed by atoms with Crippen LogP contribution >= 0.6 is 38.9 Å². The van der Waals surface area contributed by atoms with Crippen molar-refractivity contribution in [3.05, 3.63) is 62.7 Å². The van der Waals surface area contributed by atoms with E-state index in [1.807, 2.05) is 6.92 Å². The summed E-state index contributed by atoms with van der Waals surface area (Å²) in [6, 6.07) is 9.96. The third-order valence-corrected chi connectivity index (χ3v) is 6.91. The largest absolute Gasteiger partial charge is 0.573 e. The molecule has 0 fully saturated rings. The van der Waals surface area contributed by atoms with Gasteiger partial charge in [-0.1, -0.05) is 29.8 Å². The Bertz CT molecular complexity index is 1280. The first-order valence-corrected chi connectivity index (χ1v) is 11.0. The van der Waals surface area contributed by atoms with E-state index in [4.69, 9.17) is 11.6 Å². The van der Waals surface area contributed by atoms with Crippen LogP contribution in [0, 0.1) is 12.7 Å². The molecule has 166 valence electrons. The first-order valence-electron chi connectivity index (χ1n) is 9.06. The number of alkyl halides is 3. The van der Waals surface area contributed by atoms with Crippen molar-refractivity contribution >= 4 is 38.9 Å². The molecule has 2 aromatic heterocycles. The van der Waals surface area contributed by atoms with Gasteiger partial charge in [0, 0.05) is 12.6 Å². The van der Waals surface area contributed by atoms with Crippen molar-refractivity contribution in [3.8, 4) is 39.0 Å². The topological polar surface area (TPSA) is 39.9 Å². The summed E-state index contributed by atoms with van der Waals surface area (Å²) in [5.41, 5.74) is 2.46. The van der Waals surface area contributed by atoms with E-state index < -0.39 is 12.2 Å². The molecule has 0 radical (unpaired) electrons. The minimum atomic E-state index is -4.75. The lowest BCUT2D eigenvalue weighted by Gasteiger charge is -2.09. The fourth-order valence-corrected chi connectivity index (χ4v) is 5.58. The summed E-state index contributed by atoms with van der Waals surface area (Å²) in [6.07, 6.45) is -4.75. The van der Waals surface area contributed by atoms with Crippen molar-refractivity contribution in [2.75, 3.05) is 0 Å². The fraction of sp³-hybridized carbons (Fsp3) is 0.143. The Hall–Kier alpha value is -2.43. The average molecular weight is 547 g/mol. The Balaban J connectivity index is 1.74. The number of aryl methyl sites for hydroxylation is 1. The van der Waals surface area contributed by atoms with Crippen molar-refractivity contribution < 1.29 is 22.3 Å². The van der Waals surface area contributed by atoms with Crippen LogP contribution < -0.4 is 4.74 Å². The zero-order valence-corrected chi connectivity index (χ0v) is 19.6. The Morgan fingerprint density at radius 3 is 2.41 bits per heavy atom. The molecule has 0 saturated heterocycles. The summed E-state index contributed by atoms with van der Waals surface area (Å²) in [5.74, 6) is -0.165. The van der Waals surface area contributed by atoms with Gasteiger partial charge in [0.15, 0.2) is 11.6 Å². The van der Waals surface area contributed by atoms with E-state index in [1.54, 1.807) is 25.2 Å². The molecule has 0 aliphatic rings. The molecule has 0 aliphatic carbocycles. The summed E-state index contributed by atoms with van der Waals surface area (Å²) in [7, 11) is 1.69. The molecule has 0 atom stereocenters. The zero-order chi connectivity index (χ0) is 23.2. The molecule has 32 heavy (non-hydrogen) atoms. The standard InChI is InChI=1S/C21H13BrClF4N3OS/c1-10-15(11-6-8-12(9-7-11)31-21(25,26)27)18(22)32-17(10)20-28-19(29-30(20)2)16-13(23)4-3-5-14(16)24/h3-9H,1-2H3. The van der Waals surface area contributed by atoms with Crippen molar-refractivity contribution in [3.63, 3.8) is 0 Å². The van der Waals surface area contributed by atoms with Gasteiger partial charge in [-0.15, -0.1) is 24.5 Å². The lowest BCUT2D eigenvalue weighted by atomic mass is 10.0. The van der Waals surface area contributed by atoms with Gasteiger partial charge in [-0.2, -0.15) is 5.10 Å². The van der Waals surface area contributed by atoms with E-state index in [1.165, 1.54) is 40.3 Å². The maximum atomic E-state index is 14.3. The van der Waals surface area contributed by atoms with Crippen molar-refractivity contribution in [1.29, 1.82) is 0 Å². The monoisotopic (exact) mass is 545 g/mol. The number of rotatable bonds is 4. The maximum absolute atomic E-state index is 14.3. The molecule has 4 aromatic rings. The third kappa shape index (κ3) is 4.39. The van der Waals surface area contributed by atoms with E-state index in [-0.39, 0.29) is 22.2 Å². The van der Waals surface area contributed by atoms with Gasteiger partial charge in [-0.25, -0.2) is 14.1 Å². The van der Waals surface area contributed by atoms with Gasteiger partial charge in [-0.3, -0.25) is 0 Å². The summed E-state index contributed by atoms with van der Waals surface area (Å²) < 4.78 is 57.8. The van der Waals surface area contributed by atoms with Crippen LogP contribution in [-0.4, -0.2) is 21.1 Å². The minimum absolute atomic E-state index is 0.116. The quantitative estimate of drug-likeness (QED) is 0.247. The lowest BCUT2D eigenvalue weighted by molar-refractivity contribution is -0.274. The van der Waals surface area contributed by atoms with E-state index in [9.17, 15) is 17.6 Å². The molecule has 0 N–H and O–H groups in total. The van der Waals surface area contributed by atoms with Gasteiger partial charge in [0.25, 0.3) is 0 Å². The average Bonchev–Trinajstić information content (AvgIpc) is 3.20. The van der Waals surface area contributed by atoms with Crippen LogP contribution in [0.2, 0.25) is 5.02 Å². The molecule has 4 rings (SSSR count). The van der Waals surface area contributed by atoms with E-state index in [2.05, 4.69) is 30.7 Å². The number of hydrogen-bond donors (Lipinski definition) is 0. The Kier molecular flexibility index (Phi) is 6.04. The van der Waals surface area contributed by atoms with Crippen LogP contribution in [0.3, 0.4) is 0 Å². The molecule has 4 nitrogen and oxygen atoms in total. The smallest absolute Gasteiger partial charge is 0.406 e. The summed E-state index contributed by atoms with van der Waals surface area (Å²) in [5, 5.41) is 4.53. The molecule has 11 heteroatoms. The summed E-state index contributed by atoms with van der Waals surface area (Å²) in [6.45, 7) is 1.87. The third-order valence-electron chi connectivity index (χ3n) is 4.63. The molecule has 0 saturated carbocycles. The number of thiophene rings is 1. The normalized spacial score (nSPS) is 11.8. The van der Waals surface area contributed by atoms with Gasteiger partial charge in [0.1, 0.15) is 11.6 Å². The highest BCUT2D eigenvalue weighted by Gasteiger charge is 2.31. The highest BCUT2D eigenvalue weighted by molar-refractivity contribution is 9.11. The molecule has 0 bridgehead atoms. The van der Waals surface area contributed by atoms with Crippen molar-refractivity contribution in [1.82, 2.24) is 14.8 Å². The highest BCUT2D eigenvalue weighted by Crippen LogP contribution is 2.45. The minimum Gasteiger partial charge on any atom is -0.406 e. The van der Waals surface area contributed by atoms with Crippen LogP contribution in [0.1, 0.15) is 5.56 Å². The second-order valence-corrected chi connectivity index (χ2v) is 9.50. The highest BCUT2D eigenvalue weighted by atomic mass is 79.9. The molecule has 2 aromatic carbocycles. The Labute approximate surface area is 197 Å². The number of ether oxygens (including phenoxy) is 1. The molecule has 0 unspecified atom stereocenters. The summed E-state index contributed by atoms with van der Waals surface area (Å²) >= 11 is 11.1. The molecule has 0 amide bonds. The van der Waals surface area contributed by atoms with Crippen LogP contribution in [0.25, 0.3) is 33.2 Å². The van der Waals surface area contributed by atoms with Crippen molar-refractivity contribution in [2.24, 2.45) is 7.05 Å². The number of hydrogen-bond acceptors (Lipinski definition) is 4. The number of aromatic nitrogens is 3. The second kappa shape index (κ2) is 8.49. The predicted molar refractivity (Wildman–Crippen MR) is 119 cm³/mol. The number of halogens is 6. The SMILES string of the molecule is Cc1c(-c2nc(-c3c(F)cccc3Cl)nn2C)sc(Br)c1-c1ccc(OC(F)(F)F)cc1. The Morgan fingerprint density at radius 2 is 1.78 bits per heavy atom. The molecule has 0 spiro atoms. The van der Waals surface area contributed by atoms with Crippen LogP contribution in [0.5, 0.6) is 5.75 Å². The van der Waals surface area contributed by atoms with Crippen molar-refractivity contribution in [2.45, 2.75) is 13.3 Å². The van der Waals surface area contributed by atoms with Crippen LogP contribution in [0.15, 0.2) is 46.3 Å². The first-order chi connectivity index (χ1) is 15.0. The van der Waals surface area contributed by atoms with Crippen LogP contribution in [0.4, 0.5) is 17.6 Å². The van der Waals surface area contributed by atoms with Gasteiger partial charge in [0.05, 0.1) is 19.2 Å². The summed E-state index contributed by atoms with van der Waals surface area (Å²) in [4.78, 5) is 5.28. The zero-order valence-electron chi connectivity index (χ0n) is 16.5. The van der Waals surface area contributed by atoms with Gasteiger partial charge < -0.3 is 4.74 Å². The number of nitrogens with zero attached hydrogens (tertiary/aromatic N) is 3. The lowest BCUT2D eigenvalue weighted by Crippen LogP contribution is -2.16. The van der Waals surface area contributed by atoms with E-state index in [0.29, 0.717) is 11.4 Å². The second-order valence-electron chi connectivity index (χ2n) is 6.76. The fourth-order valence-electron chi connectivity index (χ4n) is 3.24. The molecule has 0 aliphatic heterocycles. The first kappa shape index (κ1) is 22.8. The van der Waals surface area contributed by atoms with Gasteiger partial charge >= 0.3 is 6.36 Å². The van der Waals surface area contributed by atoms with Gasteiger partial charge in [-0.05, 0) is 58.2 Å². The Morgan fingerprint density at radius 1 is 1.09 bits per heavy atom. The molecular weight excluding hydrogens is 534 g/mol. The molecular formula is C21H13BrClF4N3OS. The molecule has 2 heterocycles. The maximum Gasteiger partial charge on any atom is 0.573 e. The predicted octanol–water partition coefficient (Wildman–Crippen LogP) is 7.64. The van der Waals surface area contributed by atoms with Gasteiger partial charge in [0.2, 0.25) is 0 Å². The van der Waals surface area contributed by atoms with Crippen LogP contribution in [-0.2, 0) is 7.05 Å². The van der Waals surface area contributed by atoms with E-state index in [0.717, 1.165) is 19.8 Å². The van der Waals surface area contributed by atoms with E-state index >= 15 is 0 Å². The number of benzene rings is 2.